The van der Waals surface area contributed by atoms with Crippen molar-refractivity contribution in [1.29, 1.82) is 5.26 Å². The Kier molecular flexibility index (Phi) is 5.79. The fraction of sp³-hybridized carbons (Fsp3) is 0.611. The Morgan fingerprint density at radius 2 is 2.04 bits per heavy atom. The summed E-state index contributed by atoms with van der Waals surface area (Å²) in [7, 11) is 0. The highest BCUT2D eigenvalue weighted by molar-refractivity contribution is 5.81. The number of nitrogens with one attached hydrogen (secondary N) is 3. The van der Waals surface area contributed by atoms with Crippen molar-refractivity contribution in [2.75, 3.05) is 31.1 Å². The quantitative estimate of drug-likeness (QED) is 0.774. The van der Waals surface area contributed by atoms with Gasteiger partial charge in [0, 0.05) is 6.07 Å². The maximum atomic E-state index is 12.6. The third-order valence-electron chi connectivity index (χ3n) is 5.21. The van der Waals surface area contributed by atoms with Crippen molar-refractivity contribution in [3.63, 3.8) is 0 Å². The number of aromatic amines is 1. The van der Waals surface area contributed by atoms with Crippen LogP contribution in [0, 0.1) is 17.2 Å². The number of hydrogen-bond acceptors (Lipinski definition) is 3. The van der Waals surface area contributed by atoms with Gasteiger partial charge in [0.25, 0.3) is 11.7 Å². The van der Waals surface area contributed by atoms with E-state index in [0.717, 1.165) is 32.0 Å². The fourth-order valence-corrected chi connectivity index (χ4v) is 2.90. The van der Waals surface area contributed by atoms with Crippen molar-refractivity contribution in [3.05, 3.63) is 24.4 Å². The molecule has 1 aromatic rings. The Morgan fingerprint density at radius 1 is 1.38 bits per heavy atom. The van der Waals surface area contributed by atoms with Gasteiger partial charge in [-0.05, 0) is 25.8 Å². The van der Waals surface area contributed by atoms with E-state index in [1.807, 2.05) is 39.1 Å². The molecule has 1 fully saturated rings. The number of amides is 1. The molecule has 1 aliphatic rings. The normalized spacial score (nSPS) is 19.4. The van der Waals surface area contributed by atoms with Crippen LogP contribution in [0.4, 0.5) is 5.82 Å². The standard InChI is InChI=1S/C18H27N5O/c1-14(2)18(4,13-19)21-17(24)15(3)22-9-11-23(12-10-22)16-7-5-6-8-20-16/h5-8,14-15H,9-12H2,1-4H3,(H,21,24)/p+2/t15-,18-/m1/s1. The van der Waals surface area contributed by atoms with Crippen LogP contribution in [0.25, 0.3) is 0 Å². The lowest BCUT2D eigenvalue weighted by Gasteiger charge is -2.34. The average molecular weight is 331 g/mol. The van der Waals surface area contributed by atoms with Crippen molar-refractivity contribution < 1.29 is 14.7 Å². The zero-order valence-electron chi connectivity index (χ0n) is 15.1. The van der Waals surface area contributed by atoms with E-state index >= 15 is 0 Å². The van der Waals surface area contributed by atoms with Crippen molar-refractivity contribution >= 4 is 11.7 Å². The highest BCUT2D eigenvalue weighted by Gasteiger charge is 2.37. The molecule has 1 amide bonds. The van der Waals surface area contributed by atoms with Gasteiger partial charge in [0.05, 0.1) is 12.3 Å². The third kappa shape index (κ3) is 4.04. The summed E-state index contributed by atoms with van der Waals surface area (Å²) in [5.41, 5.74) is -0.814. The number of carbonyl (C=O) groups excluding carboxylic acids is 1. The molecule has 0 saturated carbocycles. The van der Waals surface area contributed by atoms with Gasteiger partial charge in [-0.2, -0.15) is 5.26 Å². The molecule has 0 aliphatic carbocycles. The van der Waals surface area contributed by atoms with Crippen LogP contribution in [0.15, 0.2) is 24.4 Å². The first-order valence-electron chi connectivity index (χ1n) is 8.67. The topological polar surface area (TPSA) is 74.7 Å². The monoisotopic (exact) mass is 331 g/mol. The molecule has 130 valence electrons. The van der Waals surface area contributed by atoms with Gasteiger partial charge >= 0.3 is 0 Å². The summed E-state index contributed by atoms with van der Waals surface area (Å²) in [6.07, 6.45) is 1.93. The van der Waals surface area contributed by atoms with E-state index < -0.39 is 5.54 Å². The smallest absolute Gasteiger partial charge is 0.279 e. The molecule has 2 rings (SSSR count). The van der Waals surface area contributed by atoms with Gasteiger partial charge in [-0.25, -0.2) is 4.98 Å². The highest BCUT2D eigenvalue weighted by atomic mass is 16.2. The minimum absolute atomic E-state index is 0.0394. The molecule has 0 bridgehead atoms. The minimum atomic E-state index is -0.814. The van der Waals surface area contributed by atoms with E-state index in [-0.39, 0.29) is 17.9 Å². The number of piperazine rings is 1. The lowest BCUT2D eigenvalue weighted by molar-refractivity contribution is -0.914. The summed E-state index contributed by atoms with van der Waals surface area (Å²) >= 11 is 0. The summed E-state index contributed by atoms with van der Waals surface area (Å²) in [6, 6.07) is 8.15. The molecule has 2 atom stereocenters. The number of rotatable bonds is 5. The van der Waals surface area contributed by atoms with Gasteiger partial charge in [0.1, 0.15) is 31.7 Å². The average Bonchev–Trinajstić information content (AvgIpc) is 2.61. The number of quaternary nitrogens is 1. The molecule has 3 N–H and O–H groups in total. The predicted molar refractivity (Wildman–Crippen MR) is 92.4 cm³/mol. The first-order chi connectivity index (χ1) is 11.4. The van der Waals surface area contributed by atoms with E-state index in [9.17, 15) is 10.1 Å². The molecule has 6 nitrogen and oxygen atoms in total. The molecule has 2 heterocycles. The van der Waals surface area contributed by atoms with Crippen LogP contribution in [-0.2, 0) is 4.79 Å². The number of H-pyrrole nitrogens is 1. The van der Waals surface area contributed by atoms with Crippen molar-refractivity contribution in [2.24, 2.45) is 5.92 Å². The Labute approximate surface area is 144 Å². The summed E-state index contributed by atoms with van der Waals surface area (Å²) in [4.78, 5) is 19.4. The Morgan fingerprint density at radius 3 is 2.54 bits per heavy atom. The molecule has 1 aromatic heterocycles. The number of anilines is 1. The molecule has 0 aromatic carbocycles. The van der Waals surface area contributed by atoms with E-state index in [2.05, 4.69) is 27.3 Å². The number of hydrogen-bond donors (Lipinski definition) is 2. The van der Waals surface area contributed by atoms with Crippen LogP contribution in [0.2, 0.25) is 0 Å². The minimum Gasteiger partial charge on any atom is -0.333 e. The van der Waals surface area contributed by atoms with E-state index in [4.69, 9.17) is 0 Å². The summed E-state index contributed by atoms with van der Waals surface area (Å²) in [5, 5.41) is 12.3. The third-order valence-corrected chi connectivity index (χ3v) is 5.21. The van der Waals surface area contributed by atoms with Crippen LogP contribution >= 0.6 is 0 Å². The molecule has 1 saturated heterocycles. The van der Waals surface area contributed by atoms with Gasteiger partial charge in [-0.3, -0.25) is 9.69 Å². The van der Waals surface area contributed by atoms with Gasteiger partial charge in [-0.15, -0.1) is 0 Å². The first-order valence-corrected chi connectivity index (χ1v) is 8.67. The van der Waals surface area contributed by atoms with E-state index in [1.54, 1.807) is 6.92 Å². The summed E-state index contributed by atoms with van der Waals surface area (Å²) in [5.74, 6) is 1.15. The van der Waals surface area contributed by atoms with Crippen LogP contribution < -0.4 is 20.1 Å². The molecular formula is C18H29N5O+2. The Bertz CT molecular complexity index is 589. The zero-order valence-corrected chi connectivity index (χ0v) is 15.1. The van der Waals surface area contributed by atoms with E-state index in [1.165, 1.54) is 4.90 Å². The van der Waals surface area contributed by atoms with Crippen LogP contribution in [0.1, 0.15) is 27.7 Å². The largest absolute Gasteiger partial charge is 0.333 e. The first kappa shape index (κ1) is 18.2. The highest BCUT2D eigenvalue weighted by Crippen LogP contribution is 2.15. The fourth-order valence-electron chi connectivity index (χ4n) is 2.90. The molecule has 24 heavy (non-hydrogen) atoms. The maximum Gasteiger partial charge on any atom is 0.279 e. The zero-order chi connectivity index (χ0) is 17.7. The molecule has 1 aliphatic heterocycles. The molecule has 0 spiro atoms. The second-order valence-electron chi connectivity index (χ2n) is 7.07. The van der Waals surface area contributed by atoms with Crippen molar-refractivity contribution in [3.8, 4) is 6.07 Å². The lowest BCUT2D eigenvalue weighted by atomic mass is 9.89. The number of aromatic nitrogens is 1. The molecule has 0 unspecified atom stereocenters. The van der Waals surface area contributed by atoms with E-state index in [0.29, 0.717) is 0 Å². The van der Waals surface area contributed by atoms with Crippen LogP contribution in [0.5, 0.6) is 0 Å². The summed E-state index contributed by atoms with van der Waals surface area (Å²) < 4.78 is 0. The lowest BCUT2D eigenvalue weighted by Crippen LogP contribution is -3.19. The predicted octanol–water partition coefficient (Wildman–Crippen LogP) is -0.351. The second-order valence-corrected chi connectivity index (χ2v) is 7.07. The van der Waals surface area contributed by atoms with Crippen LogP contribution in [-0.4, -0.2) is 43.7 Å². The Balaban J connectivity index is 1.92. The van der Waals surface area contributed by atoms with Gasteiger partial charge in [0.15, 0.2) is 6.04 Å². The second kappa shape index (κ2) is 7.63. The number of carbonyl (C=O) groups is 1. The van der Waals surface area contributed by atoms with Gasteiger partial charge < -0.3 is 10.2 Å². The van der Waals surface area contributed by atoms with Gasteiger partial charge in [-0.1, -0.05) is 19.9 Å². The maximum absolute atomic E-state index is 12.6. The number of nitriles is 1. The molecule has 0 radical (unpaired) electrons. The van der Waals surface area contributed by atoms with Crippen LogP contribution in [0.3, 0.4) is 0 Å². The van der Waals surface area contributed by atoms with Gasteiger partial charge in [0.2, 0.25) is 0 Å². The van der Waals surface area contributed by atoms with Crippen molar-refractivity contribution in [2.45, 2.75) is 39.3 Å². The molecule has 6 heteroatoms. The number of pyridine rings is 1. The Hall–Kier alpha value is -2.13. The molecular weight excluding hydrogens is 302 g/mol. The van der Waals surface area contributed by atoms with Crippen molar-refractivity contribution in [1.82, 2.24) is 5.32 Å². The SMILES string of the molecule is CC(C)[C@@](C)(C#N)NC(=O)[C@@H](C)[NH+]1CCN(c2cccc[nH+]2)CC1. The summed E-state index contributed by atoms with van der Waals surface area (Å²) in [6.45, 7) is 11.3. The number of nitrogens with zero attached hydrogens (tertiary/aromatic N) is 2.